The van der Waals surface area contributed by atoms with Gasteiger partial charge >= 0.3 is 0 Å². The van der Waals surface area contributed by atoms with E-state index in [2.05, 4.69) is 52.8 Å². The topological polar surface area (TPSA) is 73.0 Å². The van der Waals surface area contributed by atoms with Crippen molar-refractivity contribution in [1.82, 2.24) is 14.9 Å². The molecule has 1 aliphatic carbocycles. The molecule has 0 bridgehead atoms. The number of amides is 1. The molecule has 2 aromatic carbocycles. The van der Waals surface area contributed by atoms with E-state index in [0.717, 1.165) is 30.6 Å². The quantitative estimate of drug-likeness (QED) is 0.562. The van der Waals surface area contributed by atoms with Gasteiger partial charge in [-0.1, -0.05) is 54.5 Å². The van der Waals surface area contributed by atoms with Gasteiger partial charge in [0.2, 0.25) is 0 Å². The number of fused-ring (bicyclic) bond motifs is 2. The summed E-state index contributed by atoms with van der Waals surface area (Å²) in [6.07, 6.45) is 4.62. The van der Waals surface area contributed by atoms with E-state index in [0.29, 0.717) is 24.0 Å². The molecule has 146 valence electrons. The number of carbonyl (C=O) groups is 1. The maximum atomic E-state index is 12.7. The second kappa shape index (κ2) is 7.20. The zero-order chi connectivity index (χ0) is 19.8. The van der Waals surface area contributed by atoms with Crippen molar-refractivity contribution in [2.75, 3.05) is 5.32 Å². The molecule has 0 aliphatic heterocycles. The van der Waals surface area contributed by atoms with Crippen LogP contribution in [0.3, 0.4) is 0 Å². The van der Waals surface area contributed by atoms with Crippen LogP contribution in [0.15, 0.2) is 59.3 Å². The van der Waals surface area contributed by atoms with Crippen LogP contribution >= 0.6 is 0 Å². The van der Waals surface area contributed by atoms with Gasteiger partial charge in [0.15, 0.2) is 11.5 Å². The Kier molecular flexibility index (Phi) is 4.39. The molecule has 0 fully saturated rings. The minimum Gasteiger partial charge on any atom is -0.360 e. The Labute approximate surface area is 168 Å². The molecule has 4 aromatic rings. The maximum absolute atomic E-state index is 12.7. The average molecular weight is 386 g/mol. The van der Waals surface area contributed by atoms with E-state index in [1.54, 1.807) is 6.07 Å². The largest absolute Gasteiger partial charge is 0.360 e. The van der Waals surface area contributed by atoms with Crippen LogP contribution in [0.1, 0.15) is 40.7 Å². The molecule has 1 N–H and O–H groups in total. The number of benzene rings is 2. The van der Waals surface area contributed by atoms with Crippen molar-refractivity contribution in [1.29, 1.82) is 0 Å². The molecule has 2 heterocycles. The molecule has 0 saturated heterocycles. The molecule has 0 saturated carbocycles. The summed E-state index contributed by atoms with van der Waals surface area (Å²) in [7, 11) is 0. The van der Waals surface area contributed by atoms with E-state index in [9.17, 15) is 4.79 Å². The van der Waals surface area contributed by atoms with E-state index < -0.39 is 0 Å². The van der Waals surface area contributed by atoms with Crippen LogP contribution in [0.25, 0.3) is 10.8 Å². The van der Waals surface area contributed by atoms with Gasteiger partial charge in [-0.2, -0.15) is 5.10 Å². The molecule has 1 unspecified atom stereocenters. The molecular weight excluding hydrogens is 364 g/mol. The van der Waals surface area contributed by atoms with Crippen molar-refractivity contribution in [3.05, 3.63) is 77.3 Å². The Morgan fingerprint density at radius 1 is 1.21 bits per heavy atom. The van der Waals surface area contributed by atoms with Gasteiger partial charge in [-0.05, 0) is 35.1 Å². The summed E-state index contributed by atoms with van der Waals surface area (Å²) in [4.78, 5) is 12.7. The Morgan fingerprint density at radius 3 is 3.00 bits per heavy atom. The van der Waals surface area contributed by atoms with Crippen molar-refractivity contribution >= 4 is 22.5 Å². The van der Waals surface area contributed by atoms with Crippen LogP contribution in [0, 0.1) is 5.92 Å². The summed E-state index contributed by atoms with van der Waals surface area (Å²) in [6, 6.07) is 16.4. The number of anilines is 1. The molecule has 6 heteroatoms. The summed E-state index contributed by atoms with van der Waals surface area (Å²) in [6.45, 7) is 2.82. The van der Waals surface area contributed by atoms with Crippen LogP contribution < -0.4 is 5.32 Å². The van der Waals surface area contributed by atoms with Crippen LogP contribution in [0.5, 0.6) is 0 Å². The number of hydrogen-bond donors (Lipinski definition) is 1. The van der Waals surface area contributed by atoms with E-state index in [-0.39, 0.29) is 5.91 Å². The van der Waals surface area contributed by atoms with Crippen LogP contribution in [0.2, 0.25) is 0 Å². The van der Waals surface area contributed by atoms with Gasteiger partial charge in [0.1, 0.15) is 5.76 Å². The summed E-state index contributed by atoms with van der Waals surface area (Å²) < 4.78 is 7.21. The lowest BCUT2D eigenvalue weighted by molar-refractivity contribution is 0.101. The summed E-state index contributed by atoms with van der Waals surface area (Å²) in [5, 5.41) is 13.8. The standard InChI is InChI=1S/C23H22N4O2/c1-15-9-10-20-19(13-15)22(26-29-20)23(28)24-21-11-12-27(25-21)14-17-7-4-6-16-5-2-3-8-18(16)17/h2-8,11-12,15H,9-10,13-14H2,1H3,(H,24,25,28). The molecular formula is C23H22N4O2. The Balaban J connectivity index is 1.33. The van der Waals surface area contributed by atoms with Crippen LogP contribution in [0.4, 0.5) is 5.82 Å². The Hall–Kier alpha value is -3.41. The first kappa shape index (κ1) is 17.7. The molecule has 1 atom stereocenters. The van der Waals surface area contributed by atoms with E-state index >= 15 is 0 Å². The molecule has 5 rings (SSSR count). The van der Waals surface area contributed by atoms with Gasteiger partial charge in [0, 0.05) is 24.2 Å². The van der Waals surface area contributed by atoms with Crippen molar-refractivity contribution < 1.29 is 9.32 Å². The lowest BCUT2D eigenvalue weighted by Gasteiger charge is -2.16. The van der Waals surface area contributed by atoms with Gasteiger partial charge in [-0.25, -0.2) is 0 Å². The lowest BCUT2D eigenvalue weighted by atomic mass is 9.88. The predicted molar refractivity (Wildman–Crippen MR) is 111 cm³/mol. The zero-order valence-electron chi connectivity index (χ0n) is 16.3. The second-order valence-corrected chi connectivity index (χ2v) is 7.77. The third-order valence-electron chi connectivity index (χ3n) is 5.60. The fourth-order valence-corrected chi connectivity index (χ4v) is 4.05. The normalized spacial score (nSPS) is 16.0. The fourth-order valence-electron chi connectivity index (χ4n) is 4.05. The summed E-state index contributed by atoms with van der Waals surface area (Å²) in [5.74, 6) is 1.62. The highest BCUT2D eigenvalue weighted by Crippen LogP contribution is 2.28. The summed E-state index contributed by atoms with van der Waals surface area (Å²) in [5.41, 5.74) is 2.51. The fraction of sp³-hybridized carbons (Fsp3) is 0.261. The van der Waals surface area contributed by atoms with Gasteiger partial charge in [-0.3, -0.25) is 9.48 Å². The number of rotatable bonds is 4. The number of aryl methyl sites for hydroxylation is 1. The molecule has 6 nitrogen and oxygen atoms in total. The van der Waals surface area contributed by atoms with E-state index in [1.165, 1.54) is 16.3 Å². The third kappa shape index (κ3) is 3.42. The number of aromatic nitrogens is 3. The summed E-state index contributed by atoms with van der Waals surface area (Å²) >= 11 is 0. The predicted octanol–water partition coefficient (Wildman–Crippen LogP) is 4.45. The molecule has 0 spiro atoms. The van der Waals surface area contributed by atoms with Crippen LogP contribution in [-0.4, -0.2) is 20.8 Å². The first-order chi connectivity index (χ1) is 14.2. The average Bonchev–Trinajstić information content (AvgIpc) is 3.34. The van der Waals surface area contributed by atoms with Crippen molar-refractivity contribution in [2.45, 2.75) is 32.7 Å². The SMILES string of the molecule is CC1CCc2onc(C(=O)Nc3ccn(Cc4cccc5ccccc45)n3)c2C1. The molecule has 29 heavy (non-hydrogen) atoms. The molecule has 1 aliphatic rings. The zero-order valence-corrected chi connectivity index (χ0v) is 16.3. The van der Waals surface area contributed by atoms with Crippen molar-refractivity contribution in [3.8, 4) is 0 Å². The third-order valence-corrected chi connectivity index (χ3v) is 5.60. The smallest absolute Gasteiger partial charge is 0.279 e. The maximum Gasteiger partial charge on any atom is 0.279 e. The Morgan fingerprint density at radius 2 is 2.07 bits per heavy atom. The number of nitrogens with zero attached hydrogens (tertiary/aromatic N) is 3. The van der Waals surface area contributed by atoms with E-state index in [4.69, 9.17) is 4.52 Å². The first-order valence-corrected chi connectivity index (χ1v) is 9.96. The molecule has 0 radical (unpaired) electrons. The van der Waals surface area contributed by atoms with Gasteiger partial charge in [0.25, 0.3) is 5.91 Å². The van der Waals surface area contributed by atoms with Gasteiger partial charge in [0.05, 0.1) is 6.54 Å². The monoisotopic (exact) mass is 386 g/mol. The van der Waals surface area contributed by atoms with E-state index in [1.807, 2.05) is 23.0 Å². The lowest BCUT2D eigenvalue weighted by Crippen LogP contribution is -2.18. The highest BCUT2D eigenvalue weighted by molar-refractivity contribution is 6.03. The number of carbonyl (C=O) groups excluding carboxylic acids is 1. The minimum atomic E-state index is -0.264. The van der Waals surface area contributed by atoms with Gasteiger partial charge < -0.3 is 9.84 Å². The highest BCUT2D eigenvalue weighted by Gasteiger charge is 2.27. The highest BCUT2D eigenvalue weighted by atomic mass is 16.5. The molecule has 1 amide bonds. The number of hydrogen-bond acceptors (Lipinski definition) is 4. The van der Waals surface area contributed by atoms with Crippen molar-refractivity contribution in [2.24, 2.45) is 5.92 Å². The van der Waals surface area contributed by atoms with Crippen LogP contribution in [-0.2, 0) is 19.4 Å². The minimum absolute atomic E-state index is 0.264. The molecule has 2 aromatic heterocycles. The second-order valence-electron chi connectivity index (χ2n) is 7.77. The van der Waals surface area contributed by atoms with Crippen molar-refractivity contribution in [3.63, 3.8) is 0 Å². The van der Waals surface area contributed by atoms with Gasteiger partial charge in [-0.15, -0.1) is 0 Å². The Bertz CT molecular complexity index is 1190. The first-order valence-electron chi connectivity index (χ1n) is 9.96. The number of nitrogens with one attached hydrogen (secondary N) is 1.